The molecule has 2 atom stereocenters. The van der Waals surface area contributed by atoms with Gasteiger partial charge in [0.15, 0.2) is 5.78 Å². The van der Waals surface area contributed by atoms with Gasteiger partial charge in [-0.1, -0.05) is 6.07 Å². The average Bonchev–Trinajstić information content (AvgIpc) is 2.51. The molecule has 7 nitrogen and oxygen atoms in total. The van der Waals surface area contributed by atoms with Gasteiger partial charge in [0.25, 0.3) is 5.56 Å². The summed E-state index contributed by atoms with van der Waals surface area (Å²) in [6.07, 6.45) is 0.939. The van der Waals surface area contributed by atoms with Crippen molar-refractivity contribution in [1.82, 2.24) is 9.88 Å². The molecule has 1 amide bonds. The molecule has 0 bridgehead atoms. The van der Waals surface area contributed by atoms with E-state index in [2.05, 4.69) is 5.32 Å². The van der Waals surface area contributed by atoms with Crippen LogP contribution in [0.4, 0.5) is 4.39 Å². The SMILES string of the molecule is CC(C(=O)NC(CC(=O)OC(C)(C)C)C(=O)CF)n1ccccc1=O. The third kappa shape index (κ3) is 6.48. The van der Waals surface area contributed by atoms with Crippen LogP contribution in [0.25, 0.3) is 0 Å². The number of ether oxygens (including phenoxy) is 1. The highest BCUT2D eigenvalue weighted by Crippen LogP contribution is 2.11. The molecule has 25 heavy (non-hydrogen) atoms. The van der Waals surface area contributed by atoms with E-state index in [4.69, 9.17) is 4.74 Å². The first-order chi connectivity index (χ1) is 11.5. The van der Waals surface area contributed by atoms with Crippen LogP contribution in [0.3, 0.4) is 0 Å². The fourth-order valence-electron chi connectivity index (χ4n) is 2.07. The van der Waals surface area contributed by atoms with Gasteiger partial charge in [-0.3, -0.25) is 19.2 Å². The molecule has 0 aliphatic carbocycles. The van der Waals surface area contributed by atoms with E-state index in [1.165, 1.54) is 29.8 Å². The molecule has 1 heterocycles. The van der Waals surface area contributed by atoms with Gasteiger partial charge < -0.3 is 14.6 Å². The normalized spacial score (nSPS) is 13.6. The van der Waals surface area contributed by atoms with Gasteiger partial charge in [0.1, 0.15) is 24.4 Å². The second-order valence-corrected chi connectivity index (χ2v) is 6.57. The number of nitrogens with zero attached hydrogens (tertiary/aromatic N) is 1. The third-order valence-electron chi connectivity index (χ3n) is 3.28. The predicted octanol–water partition coefficient (Wildman–Crippen LogP) is 1.16. The summed E-state index contributed by atoms with van der Waals surface area (Å²) >= 11 is 0. The highest BCUT2D eigenvalue weighted by Gasteiger charge is 2.28. The number of pyridine rings is 1. The van der Waals surface area contributed by atoms with Crippen LogP contribution < -0.4 is 10.9 Å². The molecule has 0 spiro atoms. The summed E-state index contributed by atoms with van der Waals surface area (Å²) in [6, 6.07) is 2.11. The fourth-order valence-corrected chi connectivity index (χ4v) is 2.07. The van der Waals surface area contributed by atoms with E-state index < -0.39 is 54.0 Å². The van der Waals surface area contributed by atoms with Gasteiger partial charge in [-0.15, -0.1) is 0 Å². The number of aromatic nitrogens is 1. The smallest absolute Gasteiger partial charge is 0.308 e. The fraction of sp³-hybridized carbons (Fsp3) is 0.529. The predicted molar refractivity (Wildman–Crippen MR) is 88.8 cm³/mol. The van der Waals surface area contributed by atoms with Crippen LogP contribution >= 0.6 is 0 Å². The number of esters is 1. The summed E-state index contributed by atoms with van der Waals surface area (Å²) < 4.78 is 19.0. The summed E-state index contributed by atoms with van der Waals surface area (Å²) in [5.41, 5.74) is -1.17. The van der Waals surface area contributed by atoms with Crippen molar-refractivity contribution < 1.29 is 23.5 Å². The number of ketones is 1. The number of nitrogens with one attached hydrogen (secondary N) is 1. The maximum atomic E-state index is 12.8. The van der Waals surface area contributed by atoms with Gasteiger partial charge in [-0.05, 0) is 33.8 Å². The first kappa shape index (κ1) is 20.5. The van der Waals surface area contributed by atoms with E-state index in [-0.39, 0.29) is 0 Å². The van der Waals surface area contributed by atoms with Crippen LogP contribution in [-0.4, -0.2) is 40.5 Å². The van der Waals surface area contributed by atoms with E-state index in [9.17, 15) is 23.6 Å². The average molecular weight is 354 g/mol. The molecule has 1 rings (SSSR count). The minimum Gasteiger partial charge on any atom is -0.460 e. The molecule has 138 valence electrons. The van der Waals surface area contributed by atoms with Gasteiger partial charge in [-0.2, -0.15) is 0 Å². The monoisotopic (exact) mass is 354 g/mol. The van der Waals surface area contributed by atoms with E-state index in [1.54, 1.807) is 26.8 Å². The maximum absolute atomic E-state index is 12.8. The number of carbonyl (C=O) groups is 3. The van der Waals surface area contributed by atoms with Crippen molar-refractivity contribution in [3.05, 3.63) is 34.7 Å². The molecule has 0 saturated carbocycles. The number of Topliss-reactive ketones (excluding diaryl/α,β-unsaturated/α-hetero) is 1. The Morgan fingerprint density at radius 2 is 1.92 bits per heavy atom. The molecule has 8 heteroatoms. The lowest BCUT2D eigenvalue weighted by atomic mass is 10.1. The third-order valence-corrected chi connectivity index (χ3v) is 3.28. The second kappa shape index (κ2) is 8.55. The first-order valence-corrected chi connectivity index (χ1v) is 7.83. The molecule has 1 aromatic rings. The Kier molecular flexibility index (Phi) is 7.02. The summed E-state index contributed by atoms with van der Waals surface area (Å²) in [7, 11) is 0. The minimum atomic E-state index is -1.35. The zero-order valence-electron chi connectivity index (χ0n) is 14.7. The van der Waals surface area contributed by atoms with Gasteiger partial charge in [-0.25, -0.2) is 4.39 Å². The molecule has 0 fully saturated rings. The lowest BCUT2D eigenvalue weighted by molar-refractivity contribution is -0.156. The van der Waals surface area contributed by atoms with Crippen LogP contribution in [0.5, 0.6) is 0 Å². The van der Waals surface area contributed by atoms with E-state index in [0.29, 0.717) is 0 Å². The van der Waals surface area contributed by atoms with Gasteiger partial charge >= 0.3 is 5.97 Å². The molecule has 2 unspecified atom stereocenters. The summed E-state index contributed by atoms with van der Waals surface area (Å²) in [4.78, 5) is 47.6. The molecule has 0 radical (unpaired) electrons. The maximum Gasteiger partial charge on any atom is 0.308 e. The Morgan fingerprint density at radius 3 is 2.44 bits per heavy atom. The first-order valence-electron chi connectivity index (χ1n) is 7.83. The number of carbonyl (C=O) groups excluding carboxylic acids is 3. The molecular formula is C17H23FN2O5. The quantitative estimate of drug-likeness (QED) is 0.742. The molecule has 1 aromatic heterocycles. The highest BCUT2D eigenvalue weighted by molar-refractivity contribution is 5.93. The minimum absolute atomic E-state index is 0.398. The van der Waals surface area contributed by atoms with Crippen LogP contribution in [0.15, 0.2) is 29.2 Å². The lowest BCUT2D eigenvalue weighted by Crippen LogP contribution is -2.47. The summed E-state index contributed by atoms with van der Waals surface area (Å²) in [6.45, 7) is 5.09. The Balaban J connectivity index is 2.86. The number of hydrogen-bond donors (Lipinski definition) is 1. The number of amides is 1. The number of halogens is 1. The Labute approximate surface area is 145 Å². The summed E-state index contributed by atoms with van der Waals surface area (Å²) in [5, 5.41) is 2.32. The van der Waals surface area contributed by atoms with E-state index in [1.807, 2.05) is 0 Å². The molecule has 0 aromatic carbocycles. The van der Waals surface area contributed by atoms with Crippen molar-refractivity contribution in [2.45, 2.75) is 51.8 Å². The van der Waals surface area contributed by atoms with E-state index in [0.717, 1.165) is 0 Å². The zero-order valence-corrected chi connectivity index (χ0v) is 14.7. The Morgan fingerprint density at radius 1 is 1.28 bits per heavy atom. The molecule has 0 saturated heterocycles. The van der Waals surface area contributed by atoms with Crippen molar-refractivity contribution in [2.75, 3.05) is 6.67 Å². The summed E-state index contributed by atoms with van der Waals surface area (Å²) in [5.74, 6) is -2.35. The van der Waals surface area contributed by atoms with Crippen LogP contribution in [0.2, 0.25) is 0 Å². The Bertz CT molecular complexity index is 693. The van der Waals surface area contributed by atoms with Crippen molar-refractivity contribution in [3.8, 4) is 0 Å². The van der Waals surface area contributed by atoms with Crippen molar-refractivity contribution >= 4 is 17.7 Å². The molecule has 0 aliphatic rings. The lowest BCUT2D eigenvalue weighted by Gasteiger charge is -2.23. The standard InChI is InChI=1S/C17H23FN2O5/c1-11(20-8-6-5-7-14(20)22)16(24)19-12(13(21)10-18)9-15(23)25-17(2,3)4/h5-8,11-12H,9-10H2,1-4H3,(H,19,24). The van der Waals surface area contributed by atoms with Crippen molar-refractivity contribution in [1.29, 1.82) is 0 Å². The Hall–Kier alpha value is -2.51. The van der Waals surface area contributed by atoms with Crippen LogP contribution in [-0.2, 0) is 19.1 Å². The van der Waals surface area contributed by atoms with Crippen molar-refractivity contribution in [2.24, 2.45) is 0 Å². The molecule has 0 aliphatic heterocycles. The van der Waals surface area contributed by atoms with Gasteiger partial charge in [0, 0.05) is 12.3 Å². The zero-order chi connectivity index (χ0) is 19.2. The second-order valence-electron chi connectivity index (χ2n) is 6.57. The topological polar surface area (TPSA) is 94.5 Å². The van der Waals surface area contributed by atoms with Crippen LogP contribution in [0, 0.1) is 0 Å². The number of hydrogen-bond acceptors (Lipinski definition) is 5. The van der Waals surface area contributed by atoms with Gasteiger partial charge in [0.2, 0.25) is 5.91 Å². The van der Waals surface area contributed by atoms with Gasteiger partial charge in [0.05, 0.1) is 6.42 Å². The highest BCUT2D eigenvalue weighted by atomic mass is 19.1. The van der Waals surface area contributed by atoms with Crippen molar-refractivity contribution in [3.63, 3.8) is 0 Å². The molecule has 1 N–H and O–H groups in total. The largest absolute Gasteiger partial charge is 0.460 e. The van der Waals surface area contributed by atoms with Crippen LogP contribution in [0.1, 0.15) is 40.2 Å². The number of alkyl halides is 1. The molecular weight excluding hydrogens is 331 g/mol. The van der Waals surface area contributed by atoms with E-state index >= 15 is 0 Å². The number of rotatable bonds is 7.